The van der Waals surface area contributed by atoms with E-state index in [0.29, 0.717) is 52.2 Å². The van der Waals surface area contributed by atoms with Gasteiger partial charge in [-0.15, -0.1) is 10.2 Å². The molecular weight excluding hydrogens is 470 g/mol. The highest BCUT2D eigenvalue weighted by atomic mass is 35.5. The van der Waals surface area contributed by atoms with E-state index in [0.717, 1.165) is 0 Å². The zero-order valence-electron chi connectivity index (χ0n) is 18.2. The molecule has 0 saturated heterocycles. The van der Waals surface area contributed by atoms with E-state index in [1.807, 2.05) is 6.92 Å². The Morgan fingerprint density at radius 2 is 2.09 bits per heavy atom. The van der Waals surface area contributed by atoms with Crippen LogP contribution in [0.1, 0.15) is 19.9 Å². The van der Waals surface area contributed by atoms with Crippen LogP contribution < -0.4 is 15.8 Å². The average Bonchev–Trinajstić information content (AvgIpc) is 3.42. The van der Waals surface area contributed by atoms with Crippen molar-refractivity contribution in [2.75, 3.05) is 17.7 Å². The van der Waals surface area contributed by atoms with Crippen molar-refractivity contribution in [3.05, 3.63) is 41.9 Å². The number of nitrogens with one attached hydrogen (secondary N) is 1. The van der Waals surface area contributed by atoms with Crippen LogP contribution in [-0.4, -0.2) is 52.4 Å². The van der Waals surface area contributed by atoms with Gasteiger partial charge in [-0.1, -0.05) is 11.6 Å². The Bertz CT molecular complexity index is 1280. The van der Waals surface area contributed by atoms with E-state index >= 15 is 0 Å². The summed E-state index contributed by atoms with van der Waals surface area (Å²) in [6.07, 6.45) is 4.93. The third-order valence-corrected chi connectivity index (χ3v) is 4.99. The molecule has 0 amide bonds. The van der Waals surface area contributed by atoms with Gasteiger partial charge in [-0.25, -0.2) is 19.3 Å². The van der Waals surface area contributed by atoms with Crippen LogP contribution in [0.5, 0.6) is 5.88 Å². The summed E-state index contributed by atoms with van der Waals surface area (Å²) in [4.78, 5) is 8.44. The van der Waals surface area contributed by atoms with Crippen molar-refractivity contribution in [3.8, 4) is 28.7 Å². The minimum Gasteiger partial charge on any atom is -0.477 e. The van der Waals surface area contributed by atoms with Crippen molar-refractivity contribution in [2.24, 2.45) is 7.05 Å². The Morgan fingerprint density at radius 3 is 2.82 bits per heavy atom. The molecule has 34 heavy (non-hydrogen) atoms. The summed E-state index contributed by atoms with van der Waals surface area (Å²) in [7, 11) is 1.75. The molecule has 3 N–H and O–H groups in total. The highest BCUT2D eigenvalue weighted by Crippen LogP contribution is 2.29. The zero-order valence-corrected chi connectivity index (χ0v) is 19.0. The molecule has 4 aromatic heterocycles. The van der Waals surface area contributed by atoms with Gasteiger partial charge in [0.2, 0.25) is 5.88 Å². The molecule has 0 radical (unpaired) electrons. The number of anilines is 2. The van der Waals surface area contributed by atoms with Crippen molar-refractivity contribution in [1.82, 2.24) is 39.7 Å². The molecule has 178 valence electrons. The van der Waals surface area contributed by atoms with Gasteiger partial charge in [0, 0.05) is 38.0 Å². The first-order valence-electron chi connectivity index (χ1n) is 10.2. The van der Waals surface area contributed by atoms with Crippen molar-refractivity contribution in [3.63, 3.8) is 0 Å². The molecule has 0 aliphatic carbocycles. The monoisotopic (exact) mass is 490 g/mol. The number of hydrogen-bond donors (Lipinski definition) is 2. The van der Waals surface area contributed by atoms with Gasteiger partial charge in [-0.05, 0) is 19.1 Å². The number of halogens is 3. The van der Waals surface area contributed by atoms with Gasteiger partial charge in [0.15, 0.2) is 11.0 Å². The number of hydrogen-bond acceptors (Lipinski definition) is 9. The van der Waals surface area contributed by atoms with E-state index in [4.69, 9.17) is 22.1 Å². The topological polar surface area (TPSA) is 134 Å². The zero-order chi connectivity index (χ0) is 24.2. The van der Waals surface area contributed by atoms with E-state index in [-0.39, 0.29) is 16.9 Å². The number of nitrogens with zero attached hydrogens (tertiary/aromatic N) is 8. The maximum atomic E-state index is 12.9. The smallest absolute Gasteiger partial charge is 0.333 e. The van der Waals surface area contributed by atoms with Crippen LogP contribution in [0, 0.1) is 0 Å². The van der Waals surface area contributed by atoms with Crippen LogP contribution >= 0.6 is 11.6 Å². The molecule has 4 rings (SSSR count). The van der Waals surface area contributed by atoms with Crippen LogP contribution in [-0.2, 0) is 7.05 Å². The fourth-order valence-corrected chi connectivity index (χ4v) is 3.31. The minimum absolute atomic E-state index is 0.100. The maximum Gasteiger partial charge on any atom is 0.333 e. The minimum atomic E-state index is -2.75. The summed E-state index contributed by atoms with van der Waals surface area (Å²) >= 11 is 6.01. The average molecular weight is 491 g/mol. The van der Waals surface area contributed by atoms with Crippen LogP contribution in [0.3, 0.4) is 0 Å². The Balaban J connectivity index is 1.43. The third kappa shape index (κ3) is 5.20. The lowest BCUT2D eigenvalue weighted by Gasteiger charge is -2.17. The molecule has 0 unspecified atom stereocenters. The highest BCUT2D eigenvalue weighted by Gasteiger charge is 2.18. The lowest BCUT2D eigenvalue weighted by atomic mass is 10.2. The second kappa shape index (κ2) is 9.95. The van der Waals surface area contributed by atoms with Crippen LogP contribution in [0.25, 0.3) is 22.8 Å². The summed E-state index contributed by atoms with van der Waals surface area (Å²) in [5.41, 5.74) is 7.45. The Labute approximate surface area is 197 Å². The molecule has 0 saturated carbocycles. The van der Waals surface area contributed by atoms with Gasteiger partial charge in [-0.3, -0.25) is 0 Å². The first kappa shape index (κ1) is 23.3. The Kier molecular flexibility index (Phi) is 6.82. The number of rotatable bonds is 9. The number of aromatic nitrogens is 8. The second-order valence-electron chi connectivity index (χ2n) is 7.36. The molecule has 0 spiro atoms. The van der Waals surface area contributed by atoms with E-state index in [1.165, 1.54) is 12.3 Å². The van der Waals surface area contributed by atoms with Gasteiger partial charge < -0.3 is 15.8 Å². The van der Waals surface area contributed by atoms with Crippen LogP contribution in [0.2, 0.25) is 5.15 Å². The molecule has 0 aliphatic heterocycles. The fourth-order valence-electron chi connectivity index (χ4n) is 3.16. The number of nitrogen functional groups attached to an aromatic ring is 1. The summed E-state index contributed by atoms with van der Waals surface area (Å²) in [5.74, 6) is 1.26. The molecule has 0 bridgehead atoms. The molecule has 1 atom stereocenters. The molecule has 14 heteroatoms. The number of ether oxygens (including phenoxy) is 1. The summed E-state index contributed by atoms with van der Waals surface area (Å²) in [6, 6.07) is 4.50. The van der Waals surface area contributed by atoms with E-state index in [1.54, 1.807) is 36.3 Å². The summed E-state index contributed by atoms with van der Waals surface area (Å²) in [6.45, 7) is -0.481. The van der Waals surface area contributed by atoms with Gasteiger partial charge in [0.05, 0.1) is 18.5 Å². The Morgan fingerprint density at radius 1 is 1.26 bits per heavy atom. The molecule has 0 fully saturated rings. The van der Waals surface area contributed by atoms with Crippen molar-refractivity contribution in [1.29, 1.82) is 0 Å². The number of alkyl halides is 2. The van der Waals surface area contributed by atoms with E-state index in [2.05, 4.69) is 35.7 Å². The number of nitrogens with two attached hydrogens (primary N) is 1. The molecule has 4 heterocycles. The summed E-state index contributed by atoms with van der Waals surface area (Å²) in [5, 5.41) is 19.3. The van der Waals surface area contributed by atoms with Gasteiger partial charge in [0.1, 0.15) is 22.8 Å². The third-order valence-electron chi connectivity index (χ3n) is 4.81. The molecular formula is C20H21ClF2N10O. The highest BCUT2D eigenvalue weighted by molar-refractivity contribution is 6.29. The van der Waals surface area contributed by atoms with E-state index < -0.39 is 6.55 Å². The largest absolute Gasteiger partial charge is 0.477 e. The molecule has 0 aromatic carbocycles. The Hall–Kier alpha value is -3.87. The van der Waals surface area contributed by atoms with Gasteiger partial charge in [0.25, 0.3) is 0 Å². The van der Waals surface area contributed by atoms with Gasteiger partial charge >= 0.3 is 6.55 Å². The van der Waals surface area contributed by atoms with Crippen LogP contribution in [0.4, 0.5) is 20.3 Å². The SMILES string of the molecule is C[C@@H](CCOc1c(-c2nccc(N)n2)cnn1C)Nc1cc(Cl)nnc1-c1ccn(C(F)F)n1. The quantitative estimate of drug-likeness (QED) is 0.361. The standard InChI is InChI=1S/C20H21ClF2N10O/c1-11(5-8-34-19-12(10-26-32(19)2)18-25-6-3-16(24)28-18)27-14-9-15(21)29-30-17(14)13-4-7-33(31-13)20(22)23/h3-4,6-7,9-11,20H,5,8H2,1-2H3,(H,27,29)(H2,24,25,28)/t11-/m0/s1. The lowest BCUT2D eigenvalue weighted by molar-refractivity contribution is 0.0568. The maximum absolute atomic E-state index is 12.9. The van der Waals surface area contributed by atoms with Crippen molar-refractivity contribution in [2.45, 2.75) is 25.9 Å². The molecule has 4 aromatic rings. The first-order chi connectivity index (χ1) is 16.3. The lowest BCUT2D eigenvalue weighted by Crippen LogP contribution is -2.20. The van der Waals surface area contributed by atoms with Crippen molar-refractivity contribution < 1.29 is 13.5 Å². The molecule has 0 aliphatic rings. The molecule has 11 nitrogen and oxygen atoms in total. The van der Waals surface area contributed by atoms with E-state index in [9.17, 15) is 8.78 Å². The second-order valence-corrected chi connectivity index (χ2v) is 7.75. The number of aryl methyl sites for hydroxylation is 1. The van der Waals surface area contributed by atoms with Gasteiger partial charge in [-0.2, -0.15) is 19.0 Å². The summed E-state index contributed by atoms with van der Waals surface area (Å²) < 4.78 is 33.9. The van der Waals surface area contributed by atoms with Crippen molar-refractivity contribution >= 4 is 23.1 Å². The predicted octanol–water partition coefficient (Wildman–Crippen LogP) is 3.43. The first-order valence-corrected chi connectivity index (χ1v) is 10.6. The predicted molar refractivity (Wildman–Crippen MR) is 121 cm³/mol. The normalized spacial score (nSPS) is 12.2. The fraction of sp³-hybridized carbons (Fsp3) is 0.300. The van der Waals surface area contributed by atoms with Crippen LogP contribution in [0.15, 0.2) is 36.8 Å².